The van der Waals surface area contributed by atoms with E-state index in [4.69, 9.17) is 4.74 Å². The van der Waals surface area contributed by atoms with E-state index < -0.39 is 0 Å². The quantitative estimate of drug-likeness (QED) is 0.928. The normalized spacial score (nSPS) is 14.9. The first-order valence-corrected chi connectivity index (χ1v) is 7.20. The monoisotopic (exact) mass is 271 g/mol. The van der Waals surface area contributed by atoms with Gasteiger partial charge in [-0.2, -0.15) is 5.10 Å². The molecule has 1 N–H and O–H groups in total. The minimum atomic E-state index is 0.115. The van der Waals surface area contributed by atoms with E-state index in [-0.39, 0.29) is 6.04 Å². The number of aromatic nitrogens is 2. The standard InChI is InChI=1S/C16H21N3O/c1-4-19-14(10-11(2)18-19)15(17-3)13-7-5-6-12-8-9-20-16(12)13/h5-7,10,15,17H,4,8-9H2,1-3H3. The van der Waals surface area contributed by atoms with Crippen molar-refractivity contribution in [3.05, 3.63) is 46.8 Å². The van der Waals surface area contributed by atoms with E-state index in [9.17, 15) is 0 Å². The van der Waals surface area contributed by atoms with Crippen LogP contribution in [0.4, 0.5) is 0 Å². The molecule has 1 unspecified atom stereocenters. The van der Waals surface area contributed by atoms with Gasteiger partial charge in [-0.05, 0) is 32.5 Å². The van der Waals surface area contributed by atoms with Crippen LogP contribution in [0.5, 0.6) is 5.75 Å². The van der Waals surface area contributed by atoms with Crippen molar-refractivity contribution in [2.24, 2.45) is 0 Å². The molecule has 3 rings (SSSR count). The number of hydrogen-bond donors (Lipinski definition) is 1. The molecule has 1 aromatic heterocycles. The molecular weight excluding hydrogens is 250 g/mol. The van der Waals surface area contributed by atoms with E-state index >= 15 is 0 Å². The van der Waals surface area contributed by atoms with Crippen LogP contribution in [0, 0.1) is 6.92 Å². The maximum Gasteiger partial charge on any atom is 0.127 e. The van der Waals surface area contributed by atoms with E-state index in [1.165, 1.54) is 16.8 Å². The molecule has 1 atom stereocenters. The van der Waals surface area contributed by atoms with Gasteiger partial charge < -0.3 is 10.1 Å². The lowest BCUT2D eigenvalue weighted by molar-refractivity contribution is 0.350. The van der Waals surface area contributed by atoms with Gasteiger partial charge >= 0.3 is 0 Å². The highest BCUT2D eigenvalue weighted by Gasteiger charge is 2.24. The fourth-order valence-corrected chi connectivity index (χ4v) is 2.98. The Morgan fingerprint density at radius 2 is 2.30 bits per heavy atom. The van der Waals surface area contributed by atoms with Crippen LogP contribution in [0.25, 0.3) is 0 Å². The number of aryl methyl sites for hydroxylation is 2. The third-order valence-electron chi connectivity index (χ3n) is 3.87. The van der Waals surface area contributed by atoms with Gasteiger partial charge in [0.05, 0.1) is 24.0 Å². The van der Waals surface area contributed by atoms with Crippen LogP contribution < -0.4 is 10.1 Å². The predicted octanol–water partition coefficient (Wildman–Crippen LogP) is 2.46. The van der Waals surface area contributed by atoms with Crippen molar-refractivity contribution in [3.63, 3.8) is 0 Å². The minimum Gasteiger partial charge on any atom is -0.493 e. The molecule has 0 amide bonds. The first-order valence-electron chi connectivity index (χ1n) is 7.20. The van der Waals surface area contributed by atoms with Gasteiger partial charge in [0.2, 0.25) is 0 Å². The number of ether oxygens (including phenoxy) is 1. The molecule has 2 heterocycles. The SMILES string of the molecule is CCn1nc(C)cc1C(NC)c1cccc2c1OCC2. The molecule has 4 nitrogen and oxygen atoms in total. The van der Waals surface area contributed by atoms with Crippen LogP contribution in [0.3, 0.4) is 0 Å². The Kier molecular flexibility index (Phi) is 3.49. The van der Waals surface area contributed by atoms with Crippen molar-refractivity contribution in [2.45, 2.75) is 32.9 Å². The number of hydrogen-bond acceptors (Lipinski definition) is 3. The molecule has 0 spiro atoms. The van der Waals surface area contributed by atoms with Gasteiger partial charge in [-0.15, -0.1) is 0 Å². The highest BCUT2D eigenvalue weighted by molar-refractivity contribution is 5.48. The molecule has 2 aromatic rings. The van der Waals surface area contributed by atoms with Crippen LogP contribution >= 0.6 is 0 Å². The Morgan fingerprint density at radius 3 is 3.05 bits per heavy atom. The molecule has 20 heavy (non-hydrogen) atoms. The van der Waals surface area contributed by atoms with E-state index in [2.05, 4.69) is 46.3 Å². The molecule has 1 aliphatic rings. The van der Waals surface area contributed by atoms with Crippen molar-refractivity contribution in [1.29, 1.82) is 0 Å². The van der Waals surface area contributed by atoms with E-state index in [0.29, 0.717) is 0 Å². The summed E-state index contributed by atoms with van der Waals surface area (Å²) in [4.78, 5) is 0. The Balaban J connectivity index is 2.08. The van der Waals surface area contributed by atoms with Crippen molar-refractivity contribution < 1.29 is 4.74 Å². The fraction of sp³-hybridized carbons (Fsp3) is 0.438. The summed E-state index contributed by atoms with van der Waals surface area (Å²) in [5, 5.41) is 7.96. The van der Waals surface area contributed by atoms with Crippen molar-refractivity contribution in [3.8, 4) is 5.75 Å². The Morgan fingerprint density at radius 1 is 1.45 bits per heavy atom. The van der Waals surface area contributed by atoms with Crippen LogP contribution in [0.1, 0.15) is 35.5 Å². The third-order valence-corrected chi connectivity index (χ3v) is 3.87. The first kappa shape index (κ1) is 13.2. The molecular formula is C16H21N3O. The van der Waals surface area contributed by atoms with Gasteiger partial charge in [0.25, 0.3) is 0 Å². The Labute approximate surface area is 119 Å². The van der Waals surface area contributed by atoms with Crippen molar-refractivity contribution >= 4 is 0 Å². The maximum absolute atomic E-state index is 5.84. The molecule has 0 aliphatic carbocycles. The zero-order valence-corrected chi connectivity index (χ0v) is 12.3. The minimum absolute atomic E-state index is 0.115. The van der Waals surface area contributed by atoms with Crippen LogP contribution in [0.2, 0.25) is 0 Å². The summed E-state index contributed by atoms with van der Waals surface area (Å²) >= 11 is 0. The van der Waals surface area contributed by atoms with Gasteiger partial charge in [0.1, 0.15) is 5.75 Å². The van der Waals surface area contributed by atoms with Crippen molar-refractivity contribution in [2.75, 3.05) is 13.7 Å². The topological polar surface area (TPSA) is 39.1 Å². The second-order valence-corrected chi connectivity index (χ2v) is 5.18. The summed E-state index contributed by atoms with van der Waals surface area (Å²) in [6, 6.07) is 8.68. The number of nitrogens with zero attached hydrogens (tertiary/aromatic N) is 2. The molecule has 4 heteroatoms. The average Bonchev–Trinajstić information content (AvgIpc) is 3.06. The molecule has 106 valence electrons. The third kappa shape index (κ3) is 2.10. The summed E-state index contributed by atoms with van der Waals surface area (Å²) in [5.74, 6) is 1.05. The van der Waals surface area contributed by atoms with Crippen LogP contribution in [-0.4, -0.2) is 23.4 Å². The van der Waals surface area contributed by atoms with Crippen molar-refractivity contribution in [1.82, 2.24) is 15.1 Å². The molecule has 0 saturated heterocycles. The Hall–Kier alpha value is -1.81. The Bertz CT molecular complexity index is 618. The highest BCUT2D eigenvalue weighted by atomic mass is 16.5. The van der Waals surface area contributed by atoms with Gasteiger partial charge in [-0.25, -0.2) is 0 Å². The molecule has 1 aliphatic heterocycles. The average molecular weight is 271 g/mol. The number of rotatable bonds is 4. The summed E-state index contributed by atoms with van der Waals surface area (Å²) < 4.78 is 7.90. The summed E-state index contributed by atoms with van der Waals surface area (Å²) in [6.45, 7) is 5.81. The fourth-order valence-electron chi connectivity index (χ4n) is 2.98. The number of fused-ring (bicyclic) bond motifs is 1. The zero-order valence-electron chi connectivity index (χ0n) is 12.3. The molecule has 0 bridgehead atoms. The van der Waals surface area contributed by atoms with Crippen LogP contribution in [0.15, 0.2) is 24.3 Å². The molecule has 0 saturated carbocycles. The van der Waals surface area contributed by atoms with Crippen LogP contribution in [-0.2, 0) is 13.0 Å². The summed E-state index contributed by atoms with van der Waals surface area (Å²) in [6.07, 6.45) is 1.01. The van der Waals surface area contributed by atoms with E-state index in [1.807, 2.05) is 14.0 Å². The second-order valence-electron chi connectivity index (χ2n) is 5.18. The van der Waals surface area contributed by atoms with E-state index in [1.54, 1.807) is 0 Å². The number of para-hydroxylation sites is 1. The van der Waals surface area contributed by atoms with Gasteiger partial charge in [-0.1, -0.05) is 18.2 Å². The molecule has 0 fully saturated rings. The smallest absolute Gasteiger partial charge is 0.127 e. The molecule has 0 radical (unpaired) electrons. The largest absolute Gasteiger partial charge is 0.493 e. The summed E-state index contributed by atoms with van der Waals surface area (Å²) in [7, 11) is 1.99. The number of nitrogens with one attached hydrogen (secondary N) is 1. The maximum atomic E-state index is 5.84. The highest BCUT2D eigenvalue weighted by Crippen LogP contribution is 2.36. The van der Waals surface area contributed by atoms with E-state index in [0.717, 1.165) is 31.0 Å². The lowest BCUT2D eigenvalue weighted by atomic mass is 9.99. The summed E-state index contributed by atoms with van der Waals surface area (Å²) in [5.41, 5.74) is 4.76. The predicted molar refractivity (Wildman–Crippen MR) is 79.2 cm³/mol. The van der Waals surface area contributed by atoms with Gasteiger partial charge in [-0.3, -0.25) is 4.68 Å². The first-order chi connectivity index (χ1) is 9.74. The molecule has 1 aromatic carbocycles. The van der Waals surface area contributed by atoms with Gasteiger partial charge in [0.15, 0.2) is 0 Å². The lowest BCUT2D eigenvalue weighted by Gasteiger charge is -2.20. The second kappa shape index (κ2) is 5.29. The van der Waals surface area contributed by atoms with Gasteiger partial charge in [0, 0.05) is 18.5 Å². The lowest BCUT2D eigenvalue weighted by Crippen LogP contribution is -2.22. The zero-order chi connectivity index (χ0) is 14.1. The number of benzene rings is 1.